The molecule has 0 spiro atoms. The fourth-order valence-corrected chi connectivity index (χ4v) is 3.29. The third-order valence-corrected chi connectivity index (χ3v) is 4.34. The van der Waals surface area contributed by atoms with Gasteiger partial charge in [0.2, 0.25) is 5.91 Å². The minimum atomic E-state index is 0. The molecule has 2 fully saturated rings. The highest BCUT2D eigenvalue weighted by molar-refractivity contribution is 5.85. The molecule has 4 heteroatoms. The maximum Gasteiger partial charge on any atom is 0.225 e. The van der Waals surface area contributed by atoms with Crippen LogP contribution < -0.4 is 5.73 Å². The lowest BCUT2D eigenvalue weighted by atomic mass is 9.89. The number of rotatable bonds is 2. The highest BCUT2D eigenvalue weighted by Crippen LogP contribution is 2.30. The van der Waals surface area contributed by atoms with Crippen LogP contribution in [0.5, 0.6) is 0 Å². The quantitative estimate of drug-likeness (QED) is 0.827. The standard InChI is InChI=1S/C13H24N2O.ClH/c1-10-5-4-8-15(12(10)9-14)13(16)11-6-2-3-7-11;/h10-12H,2-9,14H2,1H3;1H. The third kappa shape index (κ3) is 3.14. The summed E-state index contributed by atoms with van der Waals surface area (Å²) >= 11 is 0. The van der Waals surface area contributed by atoms with Gasteiger partial charge in [-0.1, -0.05) is 19.8 Å². The first-order chi connectivity index (χ1) is 7.74. The van der Waals surface area contributed by atoms with Crippen LogP contribution in [0.25, 0.3) is 0 Å². The summed E-state index contributed by atoms with van der Waals surface area (Å²) in [6.45, 7) is 3.78. The Kier molecular flexibility index (Phi) is 5.74. The minimum absolute atomic E-state index is 0. The highest BCUT2D eigenvalue weighted by atomic mass is 35.5. The van der Waals surface area contributed by atoms with Crippen LogP contribution in [0.4, 0.5) is 0 Å². The van der Waals surface area contributed by atoms with Gasteiger partial charge in [-0.05, 0) is 31.6 Å². The Morgan fingerprint density at radius 2 is 1.88 bits per heavy atom. The lowest BCUT2D eigenvalue weighted by Crippen LogP contribution is -2.52. The molecule has 2 rings (SSSR count). The smallest absolute Gasteiger partial charge is 0.225 e. The van der Waals surface area contributed by atoms with Gasteiger partial charge in [-0.3, -0.25) is 4.79 Å². The van der Waals surface area contributed by atoms with Gasteiger partial charge in [0.25, 0.3) is 0 Å². The molecule has 1 aliphatic heterocycles. The van der Waals surface area contributed by atoms with Gasteiger partial charge < -0.3 is 10.6 Å². The van der Waals surface area contributed by atoms with Crippen molar-refractivity contribution in [3.05, 3.63) is 0 Å². The van der Waals surface area contributed by atoms with Gasteiger partial charge in [-0.15, -0.1) is 12.4 Å². The molecular formula is C13H25ClN2O. The molecule has 1 saturated carbocycles. The normalized spacial score (nSPS) is 30.1. The van der Waals surface area contributed by atoms with E-state index < -0.39 is 0 Å². The predicted octanol–water partition coefficient (Wildman–Crippen LogP) is 2.18. The monoisotopic (exact) mass is 260 g/mol. The van der Waals surface area contributed by atoms with Crippen LogP contribution in [0.1, 0.15) is 45.4 Å². The lowest BCUT2D eigenvalue weighted by Gasteiger charge is -2.40. The minimum Gasteiger partial charge on any atom is -0.338 e. The number of nitrogens with two attached hydrogens (primary N) is 1. The van der Waals surface area contributed by atoms with Crippen LogP contribution in [-0.4, -0.2) is 29.9 Å². The summed E-state index contributed by atoms with van der Waals surface area (Å²) in [5, 5.41) is 0. The second-order valence-corrected chi connectivity index (χ2v) is 5.44. The van der Waals surface area contributed by atoms with Crippen molar-refractivity contribution in [1.82, 2.24) is 4.90 Å². The topological polar surface area (TPSA) is 46.3 Å². The van der Waals surface area contributed by atoms with E-state index in [9.17, 15) is 4.79 Å². The van der Waals surface area contributed by atoms with Crippen molar-refractivity contribution in [2.45, 2.75) is 51.5 Å². The average molecular weight is 261 g/mol. The van der Waals surface area contributed by atoms with Crippen molar-refractivity contribution >= 4 is 18.3 Å². The summed E-state index contributed by atoms with van der Waals surface area (Å²) < 4.78 is 0. The number of likely N-dealkylation sites (tertiary alicyclic amines) is 1. The molecule has 1 aliphatic carbocycles. The summed E-state index contributed by atoms with van der Waals surface area (Å²) in [5.74, 6) is 1.27. The number of hydrogen-bond acceptors (Lipinski definition) is 2. The molecule has 3 nitrogen and oxygen atoms in total. The van der Waals surface area contributed by atoms with E-state index in [1.807, 2.05) is 0 Å². The van der Waals surface area contributed by atoms with Crippen molar-refractivity contribution in [2.24, 2.45) is 17.6 Å². The number of nitrogens with zero attached hydrogens (tertiary/aromatic N) is 1. The van der Waals surface area contributed by atoms with Gasteiger partial charge in [0.05, 0.1) is 0 Å². The maximum absolute atomic E-state index is 12.4. The summed E-state index contributed by atoms with van der Waals surface area (Å²) in [5.41, 5.74) is 5.83. The van der Waals surface area contributed by atoms with Gasteiger partial charge in [0.1, 0.15) is 0 Å². The van der Waals surface area contributed by atoms with Crippen molar-refractivity contribution in [3.8, 4) is 0 Å². The third-order valence-electron chi connectivity index (χ3n) is 4.34. The number of piperidine rings is 1. The van der Waals surface area contributed by atoms with E-state index in [0.717, 1.165) is 25.8 Å². The lowest BCUT2D eigenvalue weighted by molar-refractivity contribution is -0.140. The zero-order valence-electron chi connectivity index (χ0n) is 10.7. The van der Waals surface area contributed by atoms with Gasteiger partial charge in [0, 0.05) is 25.0 Å². The van der Waals surface area contributed by atoms with E-state index in [0.29, 0.717) is 30.3 Å². The van der Waals surface area contributed by atoms with Gasteiger partial charge in [-0.2, -0.15) is 0 Å². The van der Waals surface area contributed by atoms with Crippen molar-refractivity contribution in [2.75, 3.05) is 13.1 Å². The Labute approximate surface area is 111 Å². The number of carbonyl (C=O) groups excluding carboxylic acids is 1. The molecule has 2 aliphatic rings. The van der Waals surface area contributed by atoms with E-state index >= 15 is 0 Å². The second-order valence-electron chi connectivity index (χ2n) is 5.44. The summed E-state index contributed by atoms with van der Waals surface area (Å²) in [6, 6.07) is 0.293. The molecule has 2 N–H and O–H groups in total. The van der Waals surface area contributed by atoms with Crippen LogP contribution in [0, 0.1) is 11.8 Å². The van der Waals surface area contributed by atoms with Crippen LogP contribution >= 0.6 is 12.4 Å². The molecular weight excluding hydrogens is 236 g/mol. The molecule has 0 bridgehead atoms. The predicted molar refractivity (Wildman–Crippen MR) is 72.2 cm³/mol. The van der Waals surface area contributed by atoms with Crippen LogP contribution in [0.2, 0.25) is 0 Å². The van der Waals surface area contributed by atoms with E-state index in [-0.39, 0.29) is 12.4 Å². The molecule has 2 atom stereocenters. The zero-order chi connectivity index (χ0) is 11.5. The molecule has 2 unspecified atom stereocenters. The Balaban J connectivity index is 0.00000144. The number of hydrogen-bond donors (Lipinski definition) is 1. The fraction of sp³-hybridized carbons (Fsp3) is 0.923. The van der Waals surface area contributed by atoms with E-state index in [2.05, 4.69) is 11.8 Å². The molecule has 0 aromatic heterocycles. The molecule has 0 aromatic rings. The van der Waals surface area contributed by atoms with Gasteiger partial charge in [-0.25, -0.2) is 0 Å². The van der Waals surface area contributed by atoms with E-state index in [1.165, 1.54) is 19.3 Å². The van der Waals surface area contributed by atoms with E-state index in [1.54, 1.807) is 0 Å². The van der Waals surface area contributed by atoms with Crippen molar-refractivity contribution in [1.29, 1.82) is 0 Å². The molecule has 0 radical (unpaired) electrons. The number of carbonyl (C=O) groups is 1. The summed E-state index contributed by atoms with van der Waals surface area (Å²) in [7, 11) is 0. The van der Waals surface area contributed by atoms with E-state index in [4.69, 9.17) is 5.73 Å². The Morgan fingerprint density at radius 1 is 1.24 bits per heavy atom. The Morgan fingerprint density at radius 3 is 2.47 bits per heavy atom. The van der Waals surface area contributed by atoms with Crippen LogP contribution in [-0.2, 0) is 4.79 Å². The Hall–Kier alpha value is -0.280. The average Bonchev–Trinajstić information content (AvgIpc) is 2.81. The largest absolute Gasteiger partial charge is 0.338 e. The summed E-state index contributed by atoms with van der Waals surface area (Å²) in [4.78, 5) is 14.5. The summed E-state index contributed by atoms with van der Waals surface area (Å²) in [6.07, 6.45) is 7.02. The van der Waals surface area contributed by atoms with Crippen LogP contribution in [0.3, 0.4) is 0 Å². The molecule has 0 aromatic carbocycles. The second kappa shape index (κ2) is 6.60. The van der Waals surface area contributed by atoms with Crippen molar-refractivity contribution in [3.63, 3.8) is 0 Å². The molecule has 1 heterocycles. The molecule has 1 amide bonds. The Bertz CT molecular complexity index is 254. The zero-order valence-corrected chi connectivity index (χ0v) is 11.5. The van der Waals surface area contributed by atoms with Crippen LogP contribution in [0.15, 0.2) is 0 Å². The number of halogens is 1. The first-order valence-electron chi connectivity index (χ1n) is 6.74. The van der Waals surface area contributed by atoms with Gasteiger partial charge in [0.15, 0.2) is 0 Å². The van der Waals surface area contributed by atoms with Crippen molar-refractivity contribution < 1.29 is 4.79 Å². The number of amides is 1. The first kappa shape index (κ1) is 14.8. The SMILES string of the molecule is CC1CCCN(C(=O)C2CCCC2)C1CN.Cl. The highest BCUT2D eigenvalue weighted by Gasteiger charge is 2.35. The maximum atomic E-state index is 12.4. The molecule has 100 valence electrons. The first-order valence-corrected chi connectivity index (χ1v) is 6.74. The van der Waals surface area contributed by atoms with Gasteiger partial charge >= 0.3 is 0 Å². The fourth-order valence-electron chi connectivity index (χ4n) is 3.29. The molecule has 17 heavy (non-hydrogen) atoms. The molecule has 1 saturated heterocycles.